The molecule has 2 rings (SSSR count). The van der Waals surface area contributed by atoms with Crippen LogP contribution in [-0.4, -0.2) is 12.2 Å². The van der Waals surface area contributed by atoms with E-state index in [1.54, 1.807) is 18.2 Å². The minimum absolute atomic E-state index is 0.202. The van der Waals surface area contributed by atoms with Crippen LogP contribution in [0.15, 0.2) is 28.7 Å². The third-order valence-corrected chi connectivity index (χ3v) is 5.12. The van der Waals surface area contributed by atoms with E-state index in [0.717, 1.165) is 14.2 Å². The topological polar surface area (TPSA) is 29.5 Å². The lowest BCUT2D eigenvalue weighted by Crippen LogP contribution is -2.03. The number of thiophene rings is 1. The number of aryl methyl sites for hydroxylation is 1. The molecular weight excluding hydrogens is 331 g/mol. The number of hydrogen-bond donors (Lipinski definition) is 1. The van der Waals surface area contributed by atoms with Gasteiger partial charge in [0.15, 0.2) is 11.6 Å². The number of aliphatic hydroxyl groups excluding tert-OH is 1. The van der Waals surface area contributed by atoms with Gasteiger partial charge in [0.25, 0.3) is 0 Å². The van der Waals surface area contributed by atoms with Crippen LogP contribution in [-0.2, 0) is 6.42 Å². The quantitative estimate of drug-likeness (QED) is 0.898. The minimum atomic E-state index is -0.711. The molecule has 0 saturated carbocycles. The van der Waals surface area contributed by atoms with Gasteiger partial charge >= 0.3 is 0 Å². The van der Waals surface area contributed by atoms with E-state index in [4.69, 9.17) is 4.74 Å². The fraction of sp³-hybridized carbons (Fsp3) is 0.286. The molecule has 0 spiro atoms. The highest BCUT2D eigenvalue weighted by Crippen LogP contribution is 2.33. The van der Waals surface area contributed by atoms with E-state index in [1.807, 2.05) is 13.0 Å². The third kappa shape index (κ3) is 3.16. The molecule has 19 heavy (non-hydrogen) atoms. The van der Waals surface area contributed by atoms with Crippen LogP contribution in [0.1, 0.15) is 21.4 Å². The number of benzene rings is 1. The molecule has 1 aromatic carbocycles. The zero-order valence-electron chi connectivity index (χ0n) is 10.6. The molecule has 2 aromatic rings. The van der Waals surface area contributed by atoms with Gasteiger partial charge in [0.05, 0.1) is 13.2 Å². The fourth-order valence-corrected chi connectivity index (χ4v) is 3.37. The highest BCUT2D eigenvalue weighted by atomic mass is 79.9. The molecule has 1 N–H and O–H groups in total. The number of rotatable bonds is 4. The third-order valence-electron chi connectivity index (χ3n) is 2.88. The summed E-state index contributed by atoms with van der Waals surface area (Å²) >= 11 is 4.92. The summed E-state index contributed by atoms with van der Waals surface area (Å²) in [6, 6.07) is 6.83. The van der Waals surface area contributed by atoms with Gasteiger partial charge in [-0.05, 0) is 40.5 Å². The largest absolute Gasteiger partial charge is 0.494 e. The first kappa shape index (κ1) is 14.5. The van der Waals surface area contributed by atoms with Crippen LogP contribution < -0.4 is 4.74 Å². The Balaban J connectivity index is 2.21. The molecule has 5 heteroatoms. The van der Waals surface area contributed by atoms with Gasteiger partial charge in [-0.2, -0.15) is 0 Å². The molecule has 0 aliphatic heterocycles. The van der Waals surface area contributed by atoms with E-state index in [-0.39, 0.29) is 12.2 Å². The first-order valence-electron chi connectivity index (χ1n) is 5.78. The highest BCUT2D eigenvalue weighted by molar-refractivity contribution is 9.10. The molecule has 1 atom stereocenters. The van der Waals surface area contributed by atoms with E-state index in [1.165, 1.54) is 18.4 Å². The summed E-state index contributed by atoms with van der Waals surface area (Å²) < 4.78 is 19.9. The van der Waals surface area contributed by atoms with Crippen LogP contribution in [0.25, 0.3) is 0 Å². The molecule has 1 unspecified atom stereocenters. The predicted molar refractivity (Wildman–Crippen MR) is 78.4 cm³/mol. The lowest BCUT2D eigenvalue weighted by molar-refractivity contribution is 0.180. The van der Waals surface area contributed by atoms with Gasteiger partial charge in [-0.3, -0.25) is 0 Å². The summed E-state index contributed by atoms with van der Waals surface area (Å²) in [5, 5.41) is 10.2. The summed E-state index contributed by atoms with van der Waals surface area (Å²) in [4.78, 5) is 1.92. The molecular formula is C14H14BrFO2S. The SMILES string of the molecule is COc1cccc(CC(O)c2cc(Br)c(C)s2)c1F. The first-order chi connectivity index (χ1) is 9.02. The molecule has 2 nitrogen and oxygen atoms in total. The molecule has 0 aliphatic rings. The summed E-state index contributed by atoms with van der Waals surface area (Å²) in [5.41, 5.74) is 0.453. The van der Waals surface area contributed by atoms with Crippen molar-refractivity contribution in [2.45, 2.75) is 19.4 Å². The maximum atomic E-state index is 14.0. The van der Waals surface area contributed by atoms with Crippen molar-refractivity contribution in [3.63, 3.8) is 0 Å². The molecule has 0 bridgehead atoms. The second-order valence-electron chi connectivity index (χ2n) is 4.21. The zero-order chi connectivity index (χ0) is 14.0. The fourth-order valence-electron chi connectivity index (χ4n) is 1.83. The molecule has 0 saturated heterocycles. The summed E-state index contributed by atoms with van der Waals surface area (Å²) in [5.74, 6) is -0.204. The maximum Gasteiger partial charge on any atom is 0.168 e. The molecule has 1 heterocycles. The Bertz CT molecular complexity index is 563. The maximum absolute atomic E-state index is 14.0. The van der Waals surface area contributed by atoms with Crippen LogP contribution in [0.4, 0.5) is 4.39 Å². The molecule has 0 amide bonds. The van der Waals surface area contributed by atoms with Gasteiger partial charge in [0.1, 0.15) is 0 Å². The number of aliphatic hydroxyl groups is 1. The average molecular weight is 345 g/mol. The van der Waals surface area contributed by atoms with Crippen LogP contribution >= 0.6 is 27.3 Å². The van der Waals surface area contributed by atoms with Gasteiger partial charge in [-0.1, -0.05) is 12.1 Å². The Morgan fingerprint density at radius 2 is 2.21 bits per heavy atom. The van der Waals surface area contributed by atoms with Crippen molar-refractivity contribution in [2.24, 2.45) is 0 Å². The van der Waals surface area contributed by atoms with Crippen LogP contribution in [0, 0.1) is 12.7 Å². The predicted octanol–water partition coefficient (Wildman–Crippen LogP) is 4.24. The van der Waals surface area contributed by atoms with Crippen LogP contribution in [0.2, 0.25) is 0 Å². The smallest absolute Gasteiger partial charge is 0.168 e. The van der Waals surface area contributed by atoms with Crippen molar-refractivity contribution >= 4 is 27.3 Å². The minimum Gasteiger partial charge on any atom is -0.494 e. The molecule has 1 aromatic heterocycles. The molecule has 102 valence electrons. The monoisotopic (exact) mass is 344 g/mol. The molecule has 0 aliphatic carbocycles. The second kappa shape index (κ2) is 6.03. The lowest BCUT2D eigenvalue weighted by atomic mass is 10.1. The molecule has 0 radical (unpaired) electrons. The Morgan fingerprint density at radius 1 is 1.47 bits per heavy atom. The van der Waals surface area contributed by atoms with Gasteiger partial charge in [-0.15, -0.1) is 11.3 Å². The van der Waals surface area contributed by atoms with E-state index in [0.29, 0.717) is 5.56 Å². The summed E-state index contributed by atoms with van der Waals surface area (Å²) in [6.07, 6.45) is -0.480. The Hall–Kier alpha value is -0.910. The van der Waals surface area contributed by atoms with Crippen molar-refractivity contribution in [1.29, 1.82) is 0 Å². The summed E-state index contributed by atoms with van der Waals surface area (Å²) in [7, 11) is 1.43. The number of halogens is 2. The summed E-state index contributed by atoms with van der Waals surface area (Å²) in [6.45, 7) is 1.97. The van der Waals surface area contributed by atoms with E-state index < -0.39 is 11.9 Å². The van der Waals surface area contributed by atoms with Crippen molar-refractivity contribution in [2.75, 3.05) is 7.11 Å². The normalized spacial score (nSPS) is 12.5. The van der Waals surface area contributed by atoms with E-state index >= 15 is 0 Å². The van der Waals surface area contributed by atoms with Crippen molar-refractivity contribution in [3.8, 4) is 5.75 Å². The first-order valence-corrected chi connectivity index (χ1v) is 7.39. The number of methoxy groups -OCH3 is 1. The highest BCUT2D eigenvalue weighted by Gasteiger charge is 2.16. The van der Waals surface area contributed by atoms with Gasteiger partial charge in [0, 0.05) is 20.6 Å². The standard InChI is InChI=1S/C14H14BrFO2S/c1-8-10(15)7-13(19-8)11(17)6-9-4-3-5-12(18-2)14(9)16/h3-5,7,11,17H,6H2,1-2H3. The van der Waals surface area contributed by atoms with Crippen molar-refractivity contribution in [3.05, 3.63) is 49.9 Å². The Kier molecular flexibility index (Phi) is 4.60. The van der Waals surface area contributed by atoms with E-state index in [2.05, 4.69) is 15.9 Å². The van der Waals surface area contributed by atoms with Crippen molar-refractivity contribution < 1.29 is 14.2 Å². The number of hydrogen-bond acceptors (Lipinski definition) is 3. The number of ether oxygens (including phenoxy) is 1. The Morgan fingerprint density at radius 3 is 2.79 bits per heavy atom. The lowest BCUT2D eigenvalue weighted by Gasteiger charge is -2.11. The second-order valence-corrected chi connectivity index (χ2v) is 6.35. The Labute approximate surface area is 124 Å². The van der Waals surface area contributed by atoms with Gasteiger partial charge in [-0.25, -0.2) is 4.39 Å². The average Bonchev–Trinajstić information content (AvgIpc) is 2.72. The van der Waals surface area contributed by atoms with Crippen LogP contribution in [0.3, 0.4) is 0 Å². The van der Waals surface area contributed by atoms with Gasteiger partial charge < -0.3 is 9.84 Å². The van der Waals surface area contributed by atoms with E-state index in [9.17, 15) is 9.50 Å². The molecule has 0 fully saturated rings. The van der Waals surface area contributed by atoms with Crippen molar-refractivity contribution in [1.82, 2.24) is 0 Å². The zero-order valence-corrected chi connectivity index (χ0v) is 13.0. The van der Waals surface area contributed by atoms with Gasteiger partial charge in [0.2, 0.25) is 0 Å². The van der Waals surface area contributed by atoms with Crippen LogP contribution in [0.5, 0.6) is 5.75 Å².